The maximum atomic E-state index is 11.5. The van der Waals surface area contributed by atoms with Gasteiger partial charge in [-0.2, -0.15) is 4.98 Å². The van der Waals surface area contributed by atoms with Crippen LogP contribution in [0, 0.1) is 6.92 Å². The Morgan fingerprint density at radius 2 is 2.05 bits per heavy atom. The maximum Gasteiger partial charge on any atom is 0.226 e. The van der Waals surface area contributed by atoms with E-state index >= 15 is 0 Å². The van der Waals surface area contributed by atoms with Gasteiger partial charge in [0, 0.05) is 31.3 Å². The van der Waals surface area contributed by atoms with Crippen LogP contribution in [0.2, 0.25) is 0 Å². The van der Waals surface area contributed by atoms with Crippen molar-refractivity contribution in [1.29, 1.82) is 0 Å². The van der Waals surface area contributed by atoms with Crippen LogP contribution >= 0.6 is 0 Å². The van der Waals surface area contributed by atoms with Gasteiger partial charge in [-0.15, -0.1) is 0 Å². The summed E-state index contributed by atoms with van der Waals surface area (Å²) in [4.78, 5) is 20.0. The van der Waals surface area contributed by atoms with E-state index in [2.05, 4.69) is 20.6 Å². The van der Waals surface area contributed by atoms with Crippen LogP contribution in [0.3, 0.4) is 0 Å². The first-order valence-electron chi connectivity index (χ1n) is 7.14. The standard InChI is InChI=1S/C14H24N4O2/c1-4-7-15-12(19)6-8-16-14-17-11(3)10-13(18-14)20-9-5-2/h10H,4-9H2,1-3H3,(H,15,19)(H,16,17,18). The third-order valence-electron chi connectivity index (χ3n) is 2.49. The number of hydrogen-bond donors (Lipinski definition) is 2. The molecule has 0 aliphatic heterocycles. The average molecular weight is 280 g/mol. The number of anilines is 1. The van der Waals surface area contributed by atoms with Gasteiger partial charge >= 0.3 is 0 Å². The van der Waals surface area contributed by atoms with E-state index in [0.29, 0.717) is 31.4 Å². The van der Waals surface area contributed by atoms with E-state index in [-0.39, 0.29) is 5.91 Å². The summed E-state index contributed by atoms with van der Waals surface area (Å²) < 4.78 is 5.49. The highest BCUT2D eigenvalue weighted by Gasteiger charge is 2.04. The van der Waals surface area contributed by atoms with Crippen molar-refractivity contribution in [2.75, 3.05) is 25.0 Å². The van der Waals surface area contributed by atoms with Crippen molar-refractivity contribution in [3.05, 3.63) is 11.8 Å². The smallest absolute Gasteiger partial charge is 0.226 e. The van der Waals surface area contributed by atoms with Crippen LogP contribution in [0.5, 0.6) is 5.88 Å². The van der Waals surface area contributed by atoms with Crippen LogP contribution in [-0.4, -0.2) is 35.6 Å². The first-order valence-corrected chi connectivity index (χ1v) is 7.14. The van der Waals surface area contributed by atoms with E-state index in [1.807, 2.05) is 20.8 Å². The van der Waals surface area contributed by atoms with Gasteiger partial charge in [0.15, 0.2) is 0 Å². The summed E-state index contributed by atoms with van der Waals surface area (Å²) in [5, 5.41) is 5.87. The Bertz CT molecular complexity index is 424. The van der Waals surface area contributed by atoms with Crippen molar-refractivity contribution in [2.45, 2.75) is 40.0 Å². The van der Waals surface area contributed by atoms with Crippen molar-refractivity contribution >= 4 is 11.9 Å². The number of nitrogens with zero attached hydrogens (tertiary/aromatic N) is 2. The molecule has 2 N–H and O–H groups in total. The molecule has 6 heteroatoms. The number of hydrogen-bond acceptors (Lipinski definition) is 5. The zero-order chi connectivity index (χ0) is 14.8. The fraction of sp³-hybridized carbons (Fsp3) is 0.643. The fourth-order valence-electron chi connectivity index (χ4n) is 1.54. The fourth-order valence-corrected chi connectivity index (χ4v) is 1.54. The number of ether oxygens (including phenoxy) is 1. The molecule has 0 aromatic carbocycles. The van der Waals surface area contributed by atoms with Gasteiger partial charge in [0.25, 0.3) is 0 Å². The van der Waals surface area contributed by atoms with Crippen molar-refractivity contribution < 1.29 is 9.53 Å². The van der Waals surface area contributed by atoms with Crippen LogP contribution in [0.4, 0.5) is 5.95 Å². The Morgan fingerprint density at radius 1 is 1.25 bits per heavy atom. The second kappa shape index (κ2) is 9.12. The molecule has 0 aliphatic carbocycles. The molecule has 1 heterocycles. The summed E-state index contributed by atoms with van der Waals surface area (Å²) in [7, 11) is 0. The van der Waals surface area contributed by atoms with Crippen molar-refractivity contribution in [3.8, 4) is 5.88 Å². The SMILES string of the molecule is CCCNC(=O)CCNc1nc(C)cc(OCCC)n1. The average Bonchev–Trinajstić information content (AvgIpc) is 2.42. The molecule has 0 atom stereocenters. The Balaban J connectivity index is 2.42. The van der Waals surface area contributed by atoms with Gasteiger partial charge in [-0.1, -0.05) is 13.8 Å². The molecule has 0 fully saturated rings. The van der Waals surface area contributed by atoms with Crippen molar-refractivity contribution in [1.82, 2.24) is 15.3 Å². The van der Waals surface area contributed by atoms with E-state index in [0.717, 1.165) is 25.1 Å². The molecule has 0 radical (unpaired) electrons. The minimum Gasteiger partial charge on any atom is -0.478 e. The van der Waals surface area contributed by atoms with Gasteiger partial charge in [0.1, 0.15) is 0 Å². The molecule has 0 saturated carbocycles. The minimum atomic E-state index is 0.0365. The summed E-state index contributed by atoms with van der Waals surface area (Å²) >= 11 is 0. The third-order valence-corrected chi connectivity index (χ3v) is 2.49. The molecule has 0 bridgehead atoms. The van der Waals surface area contributed by atoms with Crippen LogP contribution in [0.25, 0.3) is 0 Å². The Morgan fingerprint density at radius 3 is 2.75 bits per heavy atom. The topological polar surface area (TPSA) is 76.1 Å². The minimum absolute atomic E-state index is 0.0365. The number of aryl methyl sites for hydroxylation is 1. The van der Waals surface area contributed by atoms with Gasteiger partial charge < -0.3 is 15.4 Å². The number of carbonyl (C=O) groups excluding carboxylic acids is 1. The normalized spacial score (nSPS) is 10.2. The largest absolute Gasteiger partial charge is 0.478 e. The molecule has 0 spiro atoms. The highest BCUT2D eigenvalue weighted by molar-refractivity contribution is 5.76. The molecule has 0 aliphatic rings. The van der Waals surface area contributed by atoms with E-state index in [4.69, 9.17) is 4.74 Å². The van der Waals surface area contributed by atoms with Gasteiger partial charge in [0.05, 0.1) is 6.61 Å². The summed E-state index contributed by atoms with van der Waals surface area (Å²) in [5.74, 6) is 1.10. The van der Waals surface area contributed by atoms with Crippen LogP contribution in [-0.2, 0) is 4.79 Å². The summed E-state index contributed by atoms with van der Waals surface area (Å²) in [5.41, 5.74) is 0.837. The molecular weight excluding hydrogens is 256 g/mol. The lowest BCUT2D eigenvalue weighted by molar-refractivity contribution is -0.120. The van der Waals surface area contributed by atoms with Crippen LogP contribution in [0.1, 0.15) is 38.8 Å². The number of amides is 1. The van der Waals surface area contributed by atoms with Gasteiger partial charge in [-0.25, -0.2) is 4.98 Å². The molecule has 1 rings (SSSR count). The summed E-state index contributed by atoms with van der Waals surface area (Å²) in [6.45, 7) is 7.81. The van der Waals surface area contributed by atoms with Crippen molar-refractivity contribution in [2.24, 2.45) is 0 Å². The molecular formula is C14H24N4O2. The lowest BCUT2D eigenvalue weighted by Crippen LogP contribution is -2.26. The molecule has 0 saturated heterocycles. The van der Waals surface area contributed by atoms with Gasteiger partial charge in [0.2, 0.25) is 17.7 Å². The van der Waals surface area contributed by atoms with Gasteiger partial charge in [-0.05, 0) is 19.8 Å². The molecule has 20 heavy (non-hydrogen) atoms. The lowest BCUT2D eigenvalue weighted by Gasteiger charge is -2.09. The molecule has 6 nitrogen and oxygen atoms in total. The van der Waals surface area contributed by atoms with E-state index in [1.54, 1.807) is 6.07 Å². The van der Waals surface area contributed by atoms with Crippen molar-refractivity contribution in [3.63, 3.8) is 0 Å². The number of aromatic nitrogens is 2. The number of carbonyl (C=O) groups is 1. The van der Waals surface area contributed by atoms with Crippen LogP contribution in [0.15, 0.2) is 6.07 Å². The predicted molar refractivity (Wildman–Crippen MR) is 79.0 cm³/mol. The molecule has 1 aromatic heterocycles. The Labute approximate surface area is 120 Å². The molecule has 112 valence electrons. The van der Waals surface area contributed by atoms with E-state index in [1.165, 1.54) is 0 Å². The second-order valence-corrected chi connectivity index (χ2v) is 4.55. The predicted octanol–water partition coefficient (Wildman–Crippen LogP) is 1.90. The Kier molecular flexibility index (Phi) is 7.39. The third kappa shape index (κ3) is 6.36. The Hall–Kier alpha value is -1.85. The summed E-state index contributed by atoms with van der Waals surface area (Å²) in [6, 6.07) is 1.80. The first-order chi connectivity index (χ1) is 9.65. The highest BCUT2D eigenvalue weighted by Crippen LogP contribution is 2.12. The zero-order valence-corrected chi connectivity index (χ0v) is 12.5. The molecule has 1 aromatic rings. The lowest BCUT2D eigenvalue weighted by atomic mass is 10.4. The molecule has 1 amide bonds. The van der Waals surface area contributed by atoms with Crippen LogP contribution < -0.4 is 15.4 Å². The molecule has 0 unspecified atom stereocenters. The first kappa shape index (κ1) is 16.2. The summed E-state index contributed by atoms with van der Waals surface area (Å²) in [6.07, 6.45) is 2.28. The quantitative estimate of drug-likeness (QED) is 0.722. The van der Waals surface area contributed by atoms with E-state index < -0.39 is 0 Å². The van der Waals surface area contributed by atoms with E-state index in [9.17, 15) is 4.79 Å². The zero-order valence-electron chi connectivity index (χ0n) is 12.5. The highest BCUT2D eigenvalue weighted by atomic mass is 16.5. The number of nitrogens with one attached hydrogen (secondary N) is 2. The number of rotatable bonds is 9. The monoisotopic (exact) mass is 280 g/mol. The van der Waals surface area contributed by atoms with Gasteiger partial charge in [-0.3, -0.25) is 4.79 Å². The second-order valence-electron chi connectivity index (χ2n) is 4.55. The maximum absolute atomic E-state index is 11.5.